The lowest BCUT2D eigenvalue weighted by Crippen LogP contribution is -3.00. The van der Waals surface area contributed by atoms with Crippen LogP contribution >= 0.6 is 0 Å². The monoisotopic (exact) mass is 183 g/mol. The van der Waals surface area contributed by atoms with E-state index in [0.29, 0.717) is 0 Å². The van der Waals surface area contributed by atoms with Crippen molar-refractivity contribution >= 4 is 0 Å². The molecule has 0 spiro atoms. The normalized spacial score (nSPS) is 10.9. The number of hydrogen-bond acceptors (Lipinski definition) is 2. The van der Waals surface area contributed by atoms with Gasteiger partial charge >= 0.3 is 0 Å². The standard InChI is InChI=1S/C7H18NO2.ClH/c1-8(2,5-7-10)4-3-6-9;/h9-10H,3-7H2,1-2H3;1H/q+1;/p-1. The fourth-order valence-corrected chi connectivity index (χ4v) is 0.881. The minimum atomic E-state index is 0. The lowest BCUT2D eigenvalue weighted by molar-refractivity contribution is -0.890. The summed E-state index contributed by atoms with van der Waals surface area (Å²) in [6.07, 6.45) is 0.812. The number of hydrogen-bond donors (Lipinski definition) is 2. The van der Waals surface area contributed by atoms with Crippen LogP contribution in [0.3, 0.4) is 0 Å². The quantitative estimate of drug-likeness (QED) is 0.434. The topological polar surface area (TPSA) is 40.5 Å². The maximum atomic E-state index is 8.62. The Morgan fingerprint density at radius 2 is 1.55 bits per heavy atom. The highest BCUT2D eigenvalue weighted by Gasteiger charge is 2.11. The molecule has 70 valence electrons. The molecule has 3 nitrogen and oxygen atoms in total. The van der Waals surface area contributed by atoms with E-state index in [1.165, 1.54) is 0 Å². The molecule has 2 N–H and O–H groups in total. The lowest BCUT2D eigenvalue weighted by atomic mass is 10.3. The molecule has 0 amide bonds. The first-order chi connectivity index (χ1) is 4.62. The highest BCUT2D eigenvalue weighted by molar-refractivity contribution is 4.34. The summed E-state index contributed by atoms with van der Waals surface area (Å²) in [5.41, 5.74) is 0. The van der Waals surface area contributed by atoms with Crippen molar-refractivity contribution in [2.24, 2.45) is 0 Å². The first kappa shape index (κ1) is 13.7. The van der Waals surface area contributed by atoms with Crippen molar-refractivity contribution in [3.8, 4) is 0 Å². The number of aliphatic hydroxyl groups excluding tert-OH is 2. The highest BCUT2D eigenvalue weighted by atomic mass is 35.5. The van der Waals surface area contributed by atoms with E-state index in [0.717, 1.165) is 24.0 Å². The van der Waals surface area contributed by atoms with Gasteiger partial charge in [0, 0.05) is 13.0 Å². The van der Waals surface area contributed by atoms with E-state index in [1.54, 1.807) is 0 Å². The SMILES string of the molecule is C[N+](C)(CCO)CCCO.[Cl-]. The van der Waals surface area contributed by atoms with Crippen molar-refractivity contribution in [2.45, 2.75) is 6.42 Å². The second kappa shape index (κ2) is 6.85. The summed E-state index contributed by atoms with van der Waals surface area (Å²) < 4.78 is 0.789. The Labute approximate surface area is 74.6 Å². The predicted molar refractivity (Wildman–Crippen MR) is 40.6 cm³/mol. The zero-order valence-corrected chi connectivity index (χ0v) is 8.01. The third-order valence-electron chi connectivity index (χ3n) is 1.63. The molecule has 0 atom stereocenters. The molecular weight excluding hydrogens is 166 g/mol. The van der Waals surface area contributed by atoms with Gasteiger partial charge in [-0.3, -0.25) is 0 Å². The molecule has 0 heterocycles. The third-order valence-corrected chi connectivity index (χ3v) is 1.63. The Morgan fingerprint density at radius 3 is 1.91 bits per heavy atom. The third kappa shape index (κ3) is 8.07. The van der Waals surface area contributed by atoms with E-state index in [4.69, 9.17) is 10.2 Å². The molecule has 0 unspecified atom stereocenters. The second-order valence-corrected chi connectivity index (χ2v) is 3.18. The molecule has 0 aliphatic heterocycles. The van der Waals surface area contributed by atoms with Crippen LogP contribution in [0.1, 0.15) is 6.42 Å². The molecule has 0 aliphatic carbocycles. The van der Waals surface area contributed by atoms with Crippen LogP contribution in [0, 0.1) is 0 Å². The van der Waals surface area contributed by atoms with Crippen molar-refractivity contribution in [3.05, 3.63) is 0 Å². The molecular formula is C7H18ClNO2. The van der Waals surface area contributed by atoms with Gasteiger partial charge in [-0.2, -0.15) is 0 Å². The first-order valence-corrected chi connectivity index (χ1v) is 3.66. The van der Waals surface area contributed by atoms with Gasteiger partial charge in [-0.05, 0) is 0 Å². The molecule has 0 aromatic heterocycles. The van der Waals surface area contributed by atoms with Gasteiger partial charge in [-0.15, -0.1) is 0 Å². The molecule has 11 heavy (non-hydrogen) atoms. The summed E-state index contributed by atoms with van der Waals surface area (Å²) in [6.45, 7) is 2.16. The molecule has 0 aromatic rings. The van der Waals surface area contributed by atoms with Crippen LogP contribution in [0.5, 0.6) is 0 Å². The van der Waals surface area contributed by atoms with Crippen LogP contribution in [-0.4, -0.2) is 55.1 Å². The zero-order valence-electron chi connectivity index (χ0n) is 7.26. The highest BCUT2D eigenvalue weighted by Crippen LogP contribution is 1.96. The second-order valence-electron chi connectivity index (χ2n) is 3.18. The Hall–Kier alpha value is 0.170. The van der Waals surface area contributed by atoms with E-state index in [2.05, 4.69) is 0 Å². The smallest absolute Gasteiger partial charge is 0.102 e. The summed E-state index contributed by atoms with van der Waals surface area (Å²) in [7, 11) is 4.10. The fourth-order valence-electron chi connectivity index (χ4n) is 0.881. The molecule has 0 fully saturated rings. The van der Waals surface area contributed by atoms with Crippen LogP contribution in [0.15, 0.2) is 0 Å². The van der Waals surface area contributed by atoms with Gasteiger partial charge in [-0.25, -0.2) is 0 Å². The molecule has 0 saturated heterocycles. The maximum Gasteiger partial charge on any atom is 0.102 e. The number of quaternary nitrogens is 1. The molecule has 0 bridgehead atoms. The van der Waals surface area contributed by atoms with Crippen molar-refractivity contribution in [1.82, 2.24) is 0 Å². The Kier molecular flexibility index (Phi) is 8.56. The number of rotatable bonds is 5. The summed E-state index contributed by atoms with van der Waals surface area (Å²) >= 11 is 0. The van der Waals surface area contributed by atoms with Crippen LogP contribution in [0.2, 0.25) is 0 Å². The Morgan fingerprint density at radius 1 is 1.00 bits per heavy atom. The molecule has 0 rings (SSSR count). The van der Waals surface area contributed by atoms with E-state index in [-0.39, 0.29) is 25.6 Å². The average molecular weight is 184 g/mol. The number of aliphatic hydroxyl groups is 2. The van der Waals surface area contributed by atoms with E-state index in [9.17, 15) is 0 Å². The van der Waals surface area contributed by atoms with Gasteiger partial charge < -0.3 is 27.1 Å². The van der Waals surface area contributed by atoms with Crippen molar-refractivity contribution in [3.63, 3.8) is 0 Å². The average Bonchev–Trinajstić information content (AvgIpc) is 1.84. The first-order valence-electron chi connectivity index (χ1n) is 3.66. The van der Waals surface area contributed by atoms with Crippen LogP contribution < -0.4 is 12.4 Å². The lowest BCUT2D eigenvalue weighted by Gasteiger charge is -2.28. The van der Waals surface area contributed by atoms with Gasteiger partial charge in [0.05, 0.1) is 27.2 Å². The van der Waals surface area contributed by atoms with Crippen molar-refractivity contribution < 1.29 is 27.1 Å². The molecule has 0 saturated carbocycles. The van der Waals surface area contributed by atoms with Gasteiger partial charge in [0.1, 0.15) is 6.54 Å². The Balaban J connectivity index is 0. The number of nitrogens with zero attached hydrogens (tertiary/aromatic N) is 1. The number of likely N-dealkylation sites (N-methyl/N-ethyl adjacent to an activating group) is 1. The Bertz CT molecular complexity index is 88.5. The molecule has 0 aliphatic rings. The van der Waals surface area contributed by atoms with Crippen LogP contribution in [0.25, 0.3) is 0 Å². The summed E-state index contributed by atoms with van der Waals surface area (Å²) in [5.74, 6) is 0. The summed E-state index contributed by atoms with van der Waals surface area (Å²) in [5, 5.41) is 17.1. The molecule has 0 radical (unpaired) electrons. The van der Waals surface area contributed by atoms with Crippen molar-refractivity contribution in [1.29, 1.82) is 0 Å². The van der Waals surface area contributed by atoms with Crippen molar-refractivity contribution in [2.75, 3.05) is 40.4 Å². The largest absolute Gasteiger partial charge is 1.00 e. The van der Waals surface area contributed by atoms with Gasteiger partial charge in [-0.1, -0.05) is 0 Å². The maximum absolute atomic E-state index is 8.62. The summed E-state index contributed by atoms with van der Waals surface area (Å²) in [4.78, 5) is 0. The minimum absolute atomic E-state index is 0. The zero-order chi connectivity index (χ0) is 8.04. The van der Waals surface area contributed by atoms with Crippen LogP contribution in [0.4, 0.5) is 0 Å². The minimum Gasteiger partial charge on any atom is -1.00 e. The van der Waals surface area contributed by atoms with E-state index >= 15 is 0 Å². The van der Waals surface area contributed by atoms with Crippen LogP contribution in [-0.2, 0) is 0 Å². The van der Waals surface area contributed by atoms with Gasteiger partial charge in [0.2, 0.25) is 0 Å². The predicted octanol–water partition coefficient (Wildman–Crippen LogP) is -3.56. The van der Waals surface area contributed by atoms with E-state index in [1.807, 2.05) is 14.1 Å². The number of halogens is 1. The summed E-state index contributed by atoms with van der Waals surface area (Å²) in [6, 6.07) is 0. The van der Waals surface area contributed by atoms with E-state index < -0.39 is 0 Å². The van der Waals surface area contributed by atoms with Gasteiger partial charge in [0.15, 0.2) is 0 Å². The fraction of sp³-hybridized carbons (Fsp3) is 1.00. The molecule has 4 heteroatoms. The molecule has 0 aromatic carbocycles. The van der Waals surface area contributed by atoms with Gasteiger partial charge in [0.25, 0.3) is 0 Å².